The Balaban J connectivity index is 1.46. The summed E-state index contributed by atoms with van der Waals surface area (Å²) in [5.74, 6) is -0.405. The zero-order valence-corrected chi connectivity index (χ0v) is 20.6. The molecule has 34 heavy (non-hydrogen) atoms. The summed E-state index contributed by atoms with van der Waals surface area (Å²) in [6.45, 7) is 4.91. The minimum Gasteiger partial charge on any atom is -0.401 e. The molecular weight excluding hydrogens is 447 g/mol. The van der Waals surface area contributed by atoms with Crippen LogP contribution in [0.1, 0.15) is 68.2 Å². The van der Waals surface area contributed by atoms with Crippen LogP contribution in [0.15, 0.2) is 48.2 Å². The molecule has 2 aromatic rings. The minimum absolute atomic E-state index is 0.0556. The van der Waals surface area contributed by atoms with Gasteiger partial charge in [-0.1, -0.05) is 42.7 Å². The van der Waals surface area contributed by atoms with Gasteiger partial charge in [0.15, 0.2) is 0 Å². The predicted molar refractivity (Wildman–Crippen MR) is 140 cm³/mol. The molecule has 6 heteroatoms. The molecule has 2 aliphatic heterocycles. The highest BCUT2D eigenvalue weighted by molar-refractivity contribution is 6.31. The maximum Gasteiger partial charge on any atom is 0.141 e. The molecule has 4 nitrogen and oxygen atoms in total. The number of allylic oxidation sites excluding steroid dienone is 1. The molecule has 1 saturated carbocycles. The topological polar surface area (TPSA) is 53.3 Å². The van der Waals surface area contributed by atoms with Crippen molar-refractivity contribution in [3.8, 4) is 0 Å². The molecule has 0 radical (unpaired) electrons. The van der Waals surface area contributed by atoms with Gasteiger partial charge < -0.3 is 16.4 Å². The first kappa shape index (κ1) is 23.3. The van der Waals surface area contributed by atoms with Crippen LogP contribution in [0, 0.1) is 5.82 Å². The van der Waals surface area contributed by atoms with E-state index in [2.05, 4.69) is 39.8 Å². The third-order valence-electron chi connectivity index (χ3n) is 7.54. The van der Waals surface area contributed by atoms with Crippen molar-refractivity contribution in [1.82, 2.24) is 10.2 Å². The van der Waals surface area contributed by atoms with Crippen LogP contribution in [0.25, 0.3) is 11.3 Å². The van der Waals surface area contributed by atoms with Crippen LogP contribution < -0.4 is 16.4 Å². The van der Waals surface area contributed by atoms with Gasteiger partial charge in [0.05, 0.1) is 16.8 Å². The second-order valence-electron chi connectivity index (χ2n) is 9.81. The van der Waals surface area contributed by atoms with Crippen LogP contribution >= 0.6 is 11.6 Å². The van der Waals surface area contributed by atoms with E-state index in [0.717, 1.165) is 61.2 Å². The van der Waals surface area contributed by atoms with E-state index in [4.69, 9.17) is 17.3 Å². The van der Waals surface area contributed by atoms with E-state index in [-0.39, 0.29) is 11.1 Å². The Kier molecular flexibility index (Phi) is 6.84. The molecule has 4 N–H and O–H groups in total. The van der Waals surface area contributed by atoms with E-state index in [1.54, 1.807) is 12.1 Å². The lowest BCUT2D eigenvalue weighted by molar-refractivity contribution is 0.219. The Hall–Kier alpha value is -2.50. The van der Waals surface area contributed by atoms with Gasteiger partial charge in [0, 0.05) is 42.6 Å². The van der Waals surface area contributed by atoms with Crippen molar-refractivity contribution in [3.05, 3.63) is 75.7 Å². The molecule has 1 aliphatic carbocycles. The van der Waals surface area contributed by atoms with Gasteiger partial charge in [0.1, 0.15) is 5.82 Å². The number of halogens is 2. The number of hydrogen-bond donors (Lipinski definition) is 3. The highest BCUT2D eigenvalue weighted by atomic mass is 35.5. The molecule has 1 atom stereocenters. The Morgan fingerprint density at radius 2 is 1.97 bits per heavy atom. The van der Waals surface area contributed by atoms with Crippen LogP contribution in [-0.4, -0.2) is 30.6 Å². The number of nitrogens with one attached hydrogen (secondary N) is 2. The lowest BCUT2D eigenvalue weighted by Crippen LogP contribution is -2.36. The van der Waals surface area contributed by atoms with Crippen molar-refractivity contribution < 1.29 is 4.39 Å². The summed E-state index contributed by atoms with van der Waals surface area (Å²) in [6.07, 6.45) is 9.83. The summed E-state index contributed by atoms with van der Waals surface area (Å²) in [4.78, 5) is 2.66. The maximum absolute atomic E-state index is 13.7. The van der Waals surface area contributed by atoms with Gasteiger partial charge in [0.25, 0.3) is 0 Å². The molecule has 0 bridgehead atoms. The van der Waals surface area contributed by atoms with Crippen molar-refractivity contribution in [2.24, 2.45) is 5.73 Å². The number of nitrogens with two attached hydrogens (primary N) is 1. The molecule has 1 fully saturated rings. The minimum atomic E-state index is -0.405. The van der Waals surface area contributed by atoms with Gasteiger partial charge in [-0.25, -0.2) is 4.39 Å². The molecule has 3 aliphatic rings. The number of nitrogens with zero attached hydrogens (tertiary/aromatic N) is 1. The fourth-order valence-corrected chi connectivity index (χ4v) is 5.89. The molecular formula is C28H34ClFN4. The molecule has 1 unspecified atom stereocenters. The van der Waals surface area contributed by atoms with Crippen molar-refractivity contribution in [3.63, 3.8) is 0 Å². The normalized spacial score (nSPS) is 23.0. The Morgan fingerprint density at radius 1 is 1.15 bits per heavy atom. The van der Waals surface area contributed by atoms with E-state index in [1.807, 2.05) is 6.92 Å². The molecule has 2 heterocycles. The number of benzene rings is 2. The molecule has 0 saturated heterocycles. The first-order chi connectivity index (χ1) is 16.5. The van der Waals surface area contributed by atoms with E-state index in [0.29, 0.717) is 0 Å². The van der Waals surface area contributed by atoms with Crippen LogP contribution in [0.2, 0.25) is 5.02 Å². The largest absolute Gasteiger partial charge is 0.401 e. The van der Waals surface area contributed by atoms with Gasteiger partial charge in [-0.2, -0.15) is 0 Å². The summed E-state index contributed by atoms with van der Waals surface area (Å²) >= 11 is 6.05. The Labute approximate surface area is 207 Å². The van der Waals surface area contributed by atoms with Crippen LogP contribution in [0.4, 0.5) is 10.1 Å². The average molecular weight is 481 g/mol. The van der Waals surface area contributed by atoms with Crippen LogP contribution in [0.3, 0.4) is 0 Å². The standard InChI is InChI=1S/C28H34ClFN4/c1-18(31)28-23-8-6-20(19-11-14-34(15-12-19)22-4-2-3-5-22)16-24(23)27(10-13-32-28)33-21-7-9-26(30)25(29)17-21/h6-9,11,16-17,22,27,32-33H,2-5,10,12-15,31H2,1H3/b28-18-. The summed E-state index contributed by atoms with van der Waals surface area (Å²) in [6, 6.07) is 12.4. The molecule has 180 valence electrons. The monoisotopic (exact) mass is 480 g/mol. The third kappa shape index (κ3) is 4.82. The lowest BCUT2D eigenvalue weighted by atomic mass is 9.90. The van der Waals surface area contributed by atoms with Crippen molar-refractivity contribution in [1.29, 1.82) is 0 Å². The van der Waals surface area contributed by atoms with Crippen LogP contribution in [-0.2, 0) is 0 Å². The lowest BCUT2D eigenvalue weighted by Gasteiger charge is -2.32. The fourth-order valence-electron chi connectivity index (χ4n) is 5.71. The molecule has 0 amide bonds. The highest BCUT2D eigenvalue weighted by Gasteiger charge is 2.26. The predicted octanol–water partition coefficient (Wildman–Crippen LogP) is 6.30. The highest BCUT2D eigenvalue weighted by Crippen LogP contribution is 2.36. The zero-order chi connectivity index (χ0) is 23.7. The van der Waals surface area contributed by atoms with Crippen molar-refractivity contribution in [2.75, 3.05) is 25.0 Å². The zero-order valence-electron chi connectivity index (χ0n) is 19.8. The van der Waals surface area contributed by atoms with E-state index in [1.165, 1.54) is 48.4 Å². The van der Waals surface area contributed by atoms with Gasteiger partial charge >= 0.3 is 0 Å². The van der Waals surface area contributed by atoms with Crippen molar-refractivity contribution >= 4 is 28.6 Å². The van der Waals surface area contributed by atoms with Gasteiger partial charge in [-0.05, 0) is 73.6 Å². The van der Waals surface area contributed by atoms with Gasteiger partial charge in [-0.15, -0.1) is 0 Å². The quantitative estimate of drug-likeness (QED) is 0.480. The fraction of sp³-hybridized carbons (Fsp3) is 0.429. The van der Waals surface area contributed by atoms with Crippen molar-refractivity contribution in [2.45, 2.75) is 57.5 Å². The second kappa shape index (κ2) is 10.0. The molecule has 0 spiro atoms. The Morgan fingerprint density at radius 3 is 2.68 bits per heavy atom. The van der Waals surface area contributed by atoms with E-state index in [9.17, 15) is 4.39 Å². The maximum atomic E-state index is 13.7. The average Bonchev–Trinajstić information content (AvgIpc) is 3.32. The second-order valence-corrected chi connectivity index (χ2v) is 10.2. The van der Waals surface area contributed by atoms with E-state index >= 15 is 0 Å². The summed E-state index contributed by atoms with van der Waals surface area (Å²) in [5.41, 5.74) is 13.9. The smallest absolute Gasteiger partial charge is 0.141 e. The molecule has 0 aromatic heterocycles. The van der Waals surface area contributed by atoms with Gasteiger partial charge in [0.2, 0.25) is 0 Å². The summed E-state index contributed by atoms with van der Waals surface area (Å²) in [5, 5.41) is 7.24. The summed E-state index contributed by atoms with van der Waals surface area (Å²) < 4.78 is 13.7. The molecule has 2 aromatic carbocycles. The number of rotatable bonds is 4. The molecule has 5 rings (SSSR count). The number of anilines is 1. The SMILES string of the molecule is C/C(N)=C1/NCCC(Nc2ccc(F)c(Cl)c2)c2cc(C3=CCN(C4CCCC4)CC3)ccc21. The summed E-state index contributed by atoms with van der Waals surface area (Å²) in [7, 11) is 0. The third-order valence-corrected chi connectivity index (χ3v) is 7.83. The van der Waals surface area contributed by atoms with Crippen LogP contribution in [0.5, 0.6) is 0 Å². The van der Waals surface area contributed by atoms with Gasteiger partial charge in [-0.3, -0.25) is 4.90 Å². The number of fused-ring (bicyclic) bond motifs is 1. The Bertz CT molecular complexity index is 1120. The first-order valence-corrected chi connectivity index (χ1v) is 12.9. The first-order valence-electron chi connectivity index (χ1n) is 12.5. The van der Waals surface area contributed by atoms with E-state index < -0.39 is 5.82 Å². The number of hydrogen-bond acceptors (Lipinski definition) is 4.